The normalized spacial score (nSPS) is 19.7. The lowest BCUT2D eigenvalue weighted by Gasteiger charge is -2.27. The minimum atomic E-state index is -3.90. The number of hydrogen-bond donors (Lipinski definition) is 1. The molecule has 6 nitrogen and oxygen atoms in total. The fourth-order valence-corrected chi connectivity index (χ4v) is 5.21. The van der Waals surface area contributed by atoms with Gasteiger partial charge in [0.25, 0.3) is 0 Å². The van der Waals surface area contributed by atoms with Crippen LogP contribution in [0.15, 0.2) is 94.8 Å². The topological polar surface area (TPSA) is 84.8 Å². The van der Waals surface area contributed by atoms with Crippen LogP contribution < -0.4 is 4.72 Å². The Morgan fingerprint density at radius 3 is 1.91 bits per heavy atom. The third-order valence-electron chi connectivity index (χ3n) is 5.65. The number of aliphatic imine (C=N–C) groups is 1. The van der Waals surface area contributed by atoms with Gasteiger partial charge in [-0.05, 0) is 32.9 Å². The number of aryl methyl sites for hydroxylation is 1. The summed E-state index contributed by atoms with van der Waals surface area (Å²) >= 11 is 0. The number of carbonyl (C=O) groups excluding carboxylic acids is 1. The first kappa shape index (κ1) is 22.9. The predicted molar refractivity (Wildman–Crippen MR) is 128 cm³/mol. The molecule has 4 rings (SSSR count). The van der Waals surface area contributed by atoms with Crippen molar-refractivity contribution in [3.8, 4) is 0 Å². The summed E-state index contributed by atoms with van der Waals surface area (Å²) in [6.45, 7) is 5.26. The van der Waals surface area contributed by atoms with Gasteiger partial charge in [0.2, 0.25) is 10.0 Å². The molecule has 0 saturated carbocycles. The molecule has 1 aliphatic heterocycles. The van der Waals surface area contributed by atoms with Crippen molar-refractivity contribution in [2.75, 3.05) is 0 Å². The molecule has 33 heavy (non-hydrogen) atoms. The molecular weight excluding hydrogens is 436 g/mol. The number of nitrogens with zero attached hydrogens (tertiary/aromatic N) is 1. The minimum Gasteiger partial charge on any atom is -0.456 e. The Hall–Kier alpha value is -3.29. The molecule has 3 aromatic rings. The van der Waals surface area contributed by atoms with Crippen LogP contribution in [0.3, 0.4) is 0 Å². The number of benzene rings is 3. The summed E-state index contributed by atoms with van der Waals surface area (Å²) in [5.41, 5.74) is 2.10. The third kappa shape index (κ3) is 4.89. The van der Waals surface area contributed by atoms with Crippen molar-refractivity contribution in [2.24, 2.45) is 4.99 Å². The molecule has 0 unspecified atom stereocenters. The van der Waals surface area contributed by atoms with Crippen LogP contribution in [0.4, 0.5) is 0 Å². The van der Waals surface area contributed by atoms with E-state index in [9.17, 15) is 13.2 Å². The second kappa shape index (κ2) is 8.92. The van der Waals surface area contributed by atoms with Gasteiger partial charge in [0, 0.05) is 11.1 Å². The maximum absolute atomic E-state index is 13.1. The highest BCUT2D eigenvalue weighted by molar-refractivity contribution is 7.89. The van der Waals surface area contributed by atoms with E-state index in [0.29, 0.717) is 5.71 Å². The molecule has 0 radical (unpaired) electrons. The Bertz CT molecular complexity index is 1230. The number of ether oxygens (including phenoxy) is 1. The van der Waals surface area contributed by atoms with Crippen molar-refractivity contribution < 1.29 is 17.9 Å². The van der Waals surface area contributed by atoms with E-state index in [1.54, 1.807) is 38.1 Å². The molecule has 1 N–H and O–H groups in total. The van der Waals surface area contributed by atoms with Crippen LogP contribution in [0.2, 0.25) is 0 Å². The van der Waals surface area contributed by atoms with Gasteiger partial charge in [-0.3, -0.25) is 4.99 Å². The summed E-state index contributed by atoms with van der Waals surface area (Å²) in [7, 11) is -3.90. The number of nitrogens with one attached hydrogen (secondary N) is 1. The average Bonchev–Trinajstić information content (AvgIpc) is 3.00. The van der Waals surface area contributed by atoms with E-state index in [-0.39, 0.29) is 4.90 Å². The minimum absolute atomic E-state index is 0.123. The monoisotopic (exact) mass is 462 g/mol. The fourth-order valence-electron chi connectivity index (χ4n) is 3.83. The molecule has 1 fully saturated rings. The number of hydrogen-bond acceptors (Lipinski definition) is 5. The zero-order valence-electron chi connectivity index (χ0n) is 18.7. The van der Waals surface area contributed by atoms with Crippen molar-refractivity contribution in [1.29, 1.82) is 0 Å². The molecular formula is C26H26N2O4S. The second-order valence-electron chi connectivity index (χ2n) is 8.59. The van der Waals surface area contributed by atoms with Crippen LogP contribution in [-0.4, -0.2) is 37.8 Å². The summed E-state index contributed by atoms with van der Waals surface area (Å²) in [4.78, 5) is 17.8. The number of cyclic esters (lactones) is 1. The molecule has 0 aromatic heterocycles. The van der Waals surface area contributed by atoms with E-state index in [4.69, 9.17) is 9.73 Å². The Balaban J connectivity index is 1.77. The Morgan fingerprint density at radius 2 is 1.39 bits per heavy atom. The quantitative estimate of drug-likeness (QED) is 0.445. The molecule has 0 amide bonds. The first-order valence-electron chi connectivity index (χ1n) is 10.7. The van der Waals surface area contributed by atoms with Crippen molar-refractivity contribution in [3.05, 3.63) is 102 Å². The standard InChI is InChI=1S/C26H26N2O4S/c1-18-14-16-21(17-15-18)33(30,31)28-24-23(25(29)32-26(24,2)3)27-22(19-10-6-4-7-11-19)20-12-8-5-9-13-20/h4-17,23-24,28H,1-3H3/t23-,24-/m0/s1. The number of esters is 1. The molecule has 1 saturated heterocycles. The van der Waals surface area contributed by atoms with Crippen LogP contribution in [0.5, 0.6) is 0 Å². The Kier molecular flexibility index (Phi) is 6.19. The van der Waals surface area contributed by atoms with E-state index >= 15 is 0 Å². The Morgan fingerprint density at radius 1 is 0.879 bits per heavy atom. The van der Waals surface area contributed by atoms with Crippen LogP contribution in [0.25, 0.3) is 0 Å². The number of carbonyl (C=O) groups is 1. The molecule has 0 spiro atoms. The lowest BCUT2D eigenvalue weighted by molar-refractivity contribution is -0.146. The molecule has 0 bridgehead atoms. The predicted octanol–water partition coefficient (Wildman–Crippen LogP) is 3.88. The van der Waals surface area contributed by atoms with Crippen LogP contribution in [-0.2, 0) is 19.6 Å². The van der Waals surface area contributed by atoms with Crippen molar-refractivity contribution >= 4 is 21.7 Å². The van der Waals surface area contributed by atoms with Crippen molar-refractivity contribution in [1.82, 2.24) is 4.72 Å². The third-order valence-corrected chi connectivity index (χ3v) is 7.10. The van der Waals surface area contributed by atoms with Gasteiger partial charge in [0.05, 0.1) is 16.6 Å². The Labute approximate surface area is 194 Å². The number of sulfonamides is 1. The lowest BCUT2D eigenvalue weighted by atomic mass is 9.95. The van der Waals surface area contributed by atoms with Gasteiger partial charge in [-0.25, -0.2) is 17.9 Å². The van der Waals surface area contributed by atoms with E-state index in [1.807, 2.05) is 67.6 Å². The van der Waals surface area contributed by atoms with E-state index < -0.39 is 33.7 Å². The lowest BCUT2D eigenvalue weighted by Crippen LogP contribution is -2.51. The van der Waals surface area contributed by atoms with E-state index in [1.165, 1.54) is 0 Å². The second-order valence-corrected chi connectivity index (χ2v) is 10.3. The molecule has 3 aromatic carbocycles. The van der Waals surface area contributed by atoms with Gasteiger partial charge in [-0.1, -0.05) is 78.4 Å². The first-order valence-corrected chi connectivity index (χ1v) is 12.2. The highest BCUT2D eigenvalue weighted by atomic mass is 32.2. The summed E-state index contributed by atoms with van der Waals surface area (Å²) in [6.07, 6.45) is 0. The SMILES string of the molecule is Cc1ccc(S(=O)(=O)N[C@H]2[C@H](N=C(c3ccccc3)c3ccccc3)C(=O)OC2(C)C)cc1. The summed E-state index contributed by atoms with van der Waals surface area (Å²) in [5.74, 6) is -0.569. The zero-order valence-corrected chi connectivity index (χ0v) is 19.5. The maximum atomic E-state index is 13.1. The molecule has 170 valence electrons. The fraction of sp³-hybridized carbons (Fsp3) is 0.231. The molecule has 1 heterocycles. The van der Waals surface area contributed by atoms with Gasteiger partial charge in [0.15, 0.2) is 6.04 Å². The maximum Gasteiger partial charge on any atom is 0.333 e. The van der Waals surface area contributed by atoms with Gasteiger partial charge in [-0.15, -0.1) is 0 Å². The molecule has 7 heteroatoms. The van der Waals surface area contributed by atoms with Gasteiger partial charge in [-0.2, -0.15) is 0 Å². The summed E-state index contributed by atoms with van der Waals surface area (Å²) in [6, 6.07) is 23.6. The van der Waals surface area contributed by atoms with Gasteiger partial charge >= 0.3 is 5.97 Å². The zero-order chi connectivity index (χ0) is 23.6. The number of rotatable bonds is 6. The molecule has 0 aliphatic carbocycles. The van der Waals surface area contributed by atoms with E-state index in [0.717, 1.165) is 16.7 Å². The molecule has 2 atom stereocenters. The van der Waals surface area contributed by atoms with E-state index in [2.05, 4.69) is 4.72 Å². The highest BCUT2D eigenvalue weighted by Gasteiger charge is 2.52. The largest absolute Gasteiger partial charge is 0.456 e. The van der Waals surface area contributed by atoms with Crippen molar-refractivity contribution in [3.63, 3.8) is 0 Å². The summed E-state index contributed by atoms with van der Waals surface area (Å²) in [5, 5.41) is 0. The van der Waals surface area contributed by atoms with Crippen LogP contribution >= 0.6 is 0 Å². The van der Waals surface area contributed by atoms with Crippen LogP contribution in [0.1, 0.15) is 30.5 Å². The van der Waals surface area contributed by atoms with Crippen molar-refractivity contribution in [2.45, 2.75) is 43.4 Å². The highest BCUT2D eigenvalue weighted by Crippen LogP contribution is 2.31. The van der Waals surface area contributed by atoms with Crippen LogP contribution in [0, 0.1) is 6.92 Å². The average molecular weight is 463 g/mol. The summed E-state index contributed by atoms with van der Waals surface area (Å²) < 4.78 is 34.5. The van der Waals surface area contributed by atoms with Gasteiger partial charge in [0.1, 0.15) is 5.60 Å². The first-order chi connectivity index (χ1) is 15.7. The van der Waals surface area contributed by atoms with Gasteiger partial charge < -0.3 is 4.74 Å². The smallest absolute Gasteiger partial charge is 0.333 e. The molecule has 1 aliphatic rings.